The number of amides is 1. The summed E-state index contributed by atoms with van der Waals surface area (Å²) in [5, 5.41) is 9.28. The second-order valence-corrected chi connectivity index (χ2v) is 14.7. The van der Waals surface area contributed by atoms with Crippen molar-refractivity contribution in [2.75, 3.05) is 13.1 Å². The van der Waals surface area contributed by atoms with Crippen LogP contribution < -0.4 is 0 Å². The standard InChI is InChI=1S/C31H31F8NO5S/c32-27(13-2-14-27)23-3-1-4-24(17-23)46(44,45)28(15-16-40(18-28)25(41)19-5-7-20(8-6-19)26(42)43)21-9-11-22(12-10-21)29(33,30(34,35)36)31(37,38)39/h1,3-4,9-12,17,19-20H,2,5-8,13-16,18H2,(H,42,43). The van der Waals surface area contributed by atoms with E-state index in [4.69, 9.17) is 0 Å². The highest BCUT2D eigenvalue weighted by Crippen LogP contribution is 2.54. The molecule has 2 aliphatic carbocycles. The number of aliphatic carboxylic acids is 1. The Morgan fingerprint density at radius 2 is 1.37 bits per heavy atom. The van der Waals surface area contributed by atoms with E-state index in [0.717, 1.165) is 6.07 Å². The number of benzene rings is 2. The van der Waals surface area contributed by atoms with Gasteiger partial charge in [-0.15, -0.1) is 0 Å². The molecule has 0 aromatic heterocycles. The van der Waals surface area contributed by atoms with Crippen molar-refractivity contribution in [2.45, 2.75) is 84.7 Å². The lowest BCUT2D eigenvalue weighted by atomic mass is 9.77. The molecule has 1 unspecified atom stereocenters. The van der Waals surface area contributed by atoms with E-state index in [1.54, 1.807) is 0 Å². The number of halogens is 8. The first-order chi connectivity index (χ1) is 21.3. The fourth-order valence-corrected chi connectivity index (χ4v) is 8.98. The van der Waals surface area contributed by atoms with Crippen molar-refractivity contribution >= 4 is 21.7 Å². The fraction of sp³-hybridized carbons (Fsp3) is 0.548. The monoisotopic (exact) mass is 681 g/mol. The van der Waals surface area contributed by atoms with E-state index in [2.05, 4.69) is 0 Å². The molecule has 2 aromatic carbocycles. The third-order valence-electron chi connectivity index (χ3n) is 9.88. The Hall–Kier alpha value is -3.23. The molecule has 252 valence electrons. The smallest absolute Gasteiger partial charge is 0.435 e. The molecule has 2 aromatic rings. The van der Waals surface area contributed by atoms with Crippen molar-refractivity contribution in [3.05, 3.63) is 65.2 Å². The van der Waals surface area contributed by atoms with E-state index in [1.807, 2.05) is 0 Å². The zero-order valence-electron chi connectivity index (χ0n) is 24.3. The number of carboxylic acids is 1. The van der Waals surface area contributed by atoms with Gasteiger partial charge in [0.05, 0.1) is 10.8 Å². The minimum Gasteiger partial charge on any atom is -0.481 e. The SMILES string of the molecule is O=C(O)C1CCC(C(=O)N2CCC(c3ccc(C(F)(C(F)(F)F)C(F)(F)F)cc3)(S(=O)(=O)c3cccc(C4(F)CCC4)c3)C2)CC1. The molecule has 1 aliphatic heterocycles. The van der Waals surface area contributed by atoms with Gasteiger partial charge in [0, 0.05) is 24.6 Å². The molecule has 1 N–H and O–H groups in total. The maximum absolute atomic E-state index is 15.3. The van der Waals surface area contributed by atoms with E-state index in [1.165, 1.54) is 23.1 Å². The highest BCUT2D eigenvalue weighted by atomic mass is 32.2. The van der Waals surface area contributed by atoms with E-state index in [-0.39, 0.29) is 79.6 Å². The highest BCUT2D eigenvalue weighted by Gasteiger charge is 2.73. The first-order valence-electron chi connectivity index (χ1n) is 14.8. The Labute approximate surface area is 259 Å². The number of carboxylic acid groups (broad SMARTS) is 1. The van der Waals surface area contributed by atoms with Gasteiger partial charge in [0.2, 0.25) is 5.91 Å². The molecule has 5 rings (SSSR count). The van der Waals surface area contributed by atoms with Crippen molar-refractivity contribution in [1.29, 1.82) is 0 Å². The summed E-state index contributed by atoms with van der Waals surface area (Å²) in [4.78, 5) is 25.8. The van der Waals surface area contributed by atoms with E-state index < -0.39 is 74.1 Å². The number of hydrogen-bond acceptors (Lipinski definition) is 4. The number of alkyl halides is 8. The summed E-state index contributed by atoms with van der Waals surface area (Å²) in [5.74, 6) is -2.69. The number of sulfone groups is 1. The number of carbonyl (C=O) groups is 2. The second-order valence-electron chi connectivity index (χ2n) is 12.5. The van der Waals surface area contributed by atoms with Crippen LogP contribution >= 0.6 is 0 Å². The van der Waals surface area contributed by atoms with Crippen LogP contribution in [0.2, 0.25) is 0 Å². The number of hydrogen-bond donors (Lipinski definition) is 1. The van der Waals surface area contributed by atoms with Crippen LogP contribution in [0.4, 0.5) is 35.1 Å². The van der Waals surface area contributed by atoms with Gasteiger partial charge in [0.25, 0.3) is 0 Å². The fourth-order valence-electron chi connectivity index (χ4n) is 6.86. The summed E-state index contributed by atoms with van der Waals surface area (Å²) >= 11 is 0. The van der Waals surface area contributed by atoms with Crippen LogP contribution in [0.5, 0.6) is 0 Å². The summed E-state index contributed by atoms with van der Waals surface area (Å²) in [5.41, 5.74) is -9.45. The summed E-state index contributed by atoms with van der Waals surface area (Å²) in [6.45, 7) is -0.680. The molecule has 1 saturated heterocycles. The lowest BCUT2D eigenvalue weighted by Crippen LogP contribution is -2.50. The Balaban J connectivity index is 1.55. The molecule has 46 heavy (non-hydrogen) atoms. The third-order valence-corrected chi connectivity index (χ3v) is 12.4. The maximum atomic E-state index is 15.3. The molecule has 3 fully saturated rings. The molecule has 6 nitrogen and oxygen atoms in total. The Morgan fingerprint density at radius 1 is 0.804 bits per heavy atom. The van der Waals surface area contributed by atoms with Gasteiger partial charge >= 0.3 is 24.0 Å². The van der Waals surface area contributed by atoms with Gasteiger partial charge in [-0.3, -0.25) is 9.59 Å². The molecule has 1 atom stereocenters. The molecule has 15 heteroatoms. The summed E-state index contributed by atoms with van der Waals surface area (Å²) < 4.78 is 137. The van der Waals surface area contributed by atoms with E-state index >= 15 is 4.39 Å². The minimum atomic E-state index is -6.38. The van der Waals surface area contributed by atoms with Gasteiger partial charge in [-0.1, -0.05) is 36.4 Å². The average Bonchev–Trinajstić information content (AvgIpc) is 3.45. The Kier molecular flexibility index (Phi) is 8.51. The number of carbonyl (C=O) groups excluding carboxylic acids is 1. The quantitative estimate of drug-likeness (QED) is 0.315. The maximum Gasteiger partial charge on any atom is 0.435 e. The molecule has 3 aliphatic rings. The first kappa shape index (κ1) is 34.1. The van der Waals surface area contributed by atoms with Gasteiger partial charge < -0.3 is 10.0 Å². The van der Waals surface area contributed by atoms with Crippen molar-refractivity contribution < 1.29 is 58.2 Å². The molecular formula is C31H31F8NO5S. The molecule has 0 bridgehead atoms. The van der Waals surface area contributed by atoms with Crippen molar-refractivity contribution in [3.63, 3.8) is 0 Å². The highest BCUT2D eigenvalue weighted by molar-refractivity contribution is 7.92. The molecule has 2 saturated carbocycles. The normalized spacial score (nSPS) is 25.6. The zero-order valence-corrected chi connectivity index (χ0v) is 25.1. The summed E-state index contributed by atoms with van der Waals surface area (Å²) in [6, 6.07) is 6.98. The largest absolute Gasteiger partial charge is 0.481 e. The van der Waals surface area contributed by atoms with Gasteiger partial charge in [-0.05, 0) is 74.6 Å². The lowest BCUT2D eigenvalue weighted by Gasteiger charge is -2.35. The Morgan fingerprint density at radius 3 is 1.87 bits per heavy atom. The van der Waals surface area contributed by atoms with Crippen LogP contribution in [0, 0.1) is 11.8 Å². The van der Waals surface area contributed by atoms with Crippen LogP contribution in [0.25, 0.3) is 0 Å². The van der Waals surface area contributed by atoms with Crippen molar-refractivity contribution in [2.24, 2.45) is 11.8 Å². The van der Waals surface area contributed by atoms with Crippen LogP contribution in [0.1, 0.15) is 68.1 Å². The third kappa shape index (κ3) is 5.45. The van der Waals surface area contributed by atoms with Crippen LogP contribution in [0.3, 0.4) is 0 Å². The molecule has 1 amide bonds. The zero-order chi connectivity index (χ0) is 33.9. The lowest BCUT2D eigenvalue weighted by molar-refractivity contribution is -0.348. The van der Waals surface area contributed by atoms with E-state index in [9.17, 15) is 53.8 Å². The van der Waals surface area contributed by atoms with Gasteiger partial charge in [0.1, 0.15) is 10.4 Å². The van der Waals surface area contributed by atoms with Crippen LogP contribution in [-0.2, 0) is 35.5 Å². The van der Waals surface area contributed by atoms with E-state index in [0.29, 0.717) is 18.6 Å². The van der Waals surface area contributed by atoms with Crippen LogP contribution in [0.15, 0.2) is 53.4 Å². The number of likely N-dealkylation sites (tertiary alicyclic amines) is 1. The van der Waals surface area contributed by atoms with Gasteiger partial charge in [0.15, 0.2) is 9.84 Å². The number of nitrogens with zero attached hydrogens (tertiary/aromatic N) is 1. The molecule has 0 spiro atoms. The average molecular weight is 682 g/mol. The van der Waals surface area contributed by atoms with Crippen molar-refractivity contribution in [3.8, 4) is 0 Å². The van der Waals surface area contributed by atoms with Gasteiger partial charge in [-0.2, -0.15) is 26.3 Å². The minimum absolute atomic E-state index is 0.101. The van der Waals surface area contributed by atoms with Gasteiger partial charge in [-0.25, -0.2) is 17.2 Å². The molecule has 1 heterocycles. The number of rotatable bonds is 7. The molecule has 0 radical (unpaired) electrons. The van der Waals surface area contributed by atoms with Crippen molar-refractivity contribution in [1.82, 2.24) is 4.90 Å². The van der Waals surface area contributed by atoms with Crippen LogP contribution in [-0.4, -0.2) is 55.7 Å². The molecular weight excluding hydrogens is 650 g/mol. The Bertz CT molecular complexity index is 1580. The second kappa shape index (κ2) is 11.5. The summed E-state index contributed by atoms with van der Waals surface area (Å²) in [7, 11) is -4.62. The first-order valence-corrected chi connectivity index (χ1v) is 16.2. The topological polar surface area (TPSA) is 91.8 Å². The predicted octanol–water partition coefficient (Wildman–Crippen LogP) is 7.12. The predicted molar refractivity (Wildman–Crippen MR) is 148 cm³/mol. The summed E-state index contributed by atoms with van der Waals surface area (Å²) in [6.07, 6.45) is -11.2.